The summed E-state index contributed by atoms with van der Waals surface area (Å²) in [6.45, 7) is 2.58. The summed E-state index contributed by atoms with van der Waals surface area (Å²) < 4.78 is 0. The van der Waals surface area contributed by atoms with Crippen molar-refractivity contribution >= 4 is 17.4 Å². The maximum atomic E-state index is 12.4. The van der Waals surface area contributed by atoms with Crippen LogP contribution >= 0.6 is 0 Å². The van der Waals surface area contributed by atoms with Gasteiger partial charge in [0.1, 0.15) is 17.6 Å². The summed E-state index contributed by atoms with van der Waals surface area (Å²) >= 11 is 0. The maximum absolute atomic E-state index is 12.4. The lowest BCUT2D eigenvalue weighted by molar-refractivity contribution is -0.385. The number of anilines is 1. The van der Waals surface area contributed by atoms with Crippen LogP contribution in [-0.4, -0.2) is 33.3 Å². The quantitative estimate of drug-likeness (QED) is 0.645. The van der Waals surface area contributed by atoms with E-state index < -0.39 is 4.92 Å². The topological polar surface area (TPSA) is 102 Å². The van der Waals surface area contributed by atoms with Crippen molar-refractivity contribution in [1.82, 2.24) is 9.88 Å². The Hall–Kier alpha value is -2.18. The van der Waals surface area contributed by atoms with E-state index >= 15 is 0 Å². The zero-order valence-corrected chi connectivity index (χ0v) is 10.7. The number of amides is 1. The fourth-order valence-electron chi connectivity index (χ4n) is 2.34. The molecule has 1 aromatic heterocycles. The Morgan fingerprint density at radius 1 is 1.58 bits per heavy atom. The lowest BCUT2D eigenvalue weighted by Crippen LogP contribution is -2.42. The zero-order chi connectivity index (χ0) is 14.0. The van der Waals surface area contributed by atoms with Crippen LogP contribution in [0.2, 0.25) is 0 Å². The molecule has 19 heavy (non-hydrogen) atoms. The number of nitro groups is 1. The highest BCUT2D eigenvalue weighted by molar-refractivity contribution is 5.98. The predicted molar refractivity (Wildman–Crippen MR) is 69.7 cm³/mol. The van der Waals surface area contributed by atoms with Gasteiger partial charge in [-0.25, -0.2) is 4.98 Å². The zero-order valence-electron chi connectivity index (χ0n) is 10.7. The van der Waals surface area contributed by atoms with Crippen molar-refractivity contribution in [2.75, 3.05) is 12.3 Å². The number of piperidine rings is 1. The fourth-order valence-corrected chi connectivity index (χ4v) is 2.34. The van der Waals surface area contributed by atoms with E-state index in [1.54, 1.807) is 4.90 Å². The Bertz CT molecular complexity index is 518. The molecule has 0 radical (unpaired) electrons. The third-order valence-corrected chi connectivity index (χ3v) is 3.40. The van der Waals surface area contributed by atoms with E-state index in [2.05, 4.69) is 4.98 Å². The molecular weight excluding hydrogens is 248 g/mol. The van der Waals surface area contributed by atoms with Gasteiger partial charge in [0, 0.05) is 12.6 Å². The van der Waals surface area contributed by atoms with E-state index in [9.17, 15) is 14.9 Å². The van der Waals surface area contributed by atoms with Crippen LogP contribution in [0.3, 0.4) is 0 Å². The van der Waals surface area contributed by atoms with Gasteiger partial charge in [0.2, 0.25) is 0 Å². The van der Waals surface area contributed by atoms with Crippen LogP contribution in [0, 0.1) is 10.1 Å². The largest absolute Gasteiger partial charge is 0.384 e. The fraction of sp³-hybridized carbons (Fsp3) is 0.500. The van der Waals surface area contributed by atoms with Gasteiger partial charge in [-0.3, -0.25) is 14.9 Å². The molecule has 0 saturated carbocycles. The summed E-state index contributed by atoms with van der Waals surface area (Å²) in [4.78, 5) is 28.1. The van der Waals surface area contributed by atoms with Gasteiger partial charge in [0.05, 0.1) is 4.92 Å². The first-order valence-corrected chi connectivity index (χ1v) is 6.21. The molecule has 1 aliphatic rings. The highest BCUT2D eigenvalue weighted by Gasteiger charge is 2.29. The van der Waals surface area contributed by atoms with E-state index in [4.69, 9.17) is 5.73 Å². The molecule has 0 bridgehead atoms. The molecule has 1 unspecified atom stereocenters. The van der Waals surface area contributed by atoms with Gasteiger partial charge in [-0.05, 0) is 32.3 Å². The van der Waals surface area contributed by atoms with E-state index in [1.807, 2.05) is 6.92 Å². The van der Waals surface area contributed by atoms with Crippen LogP contribution in [0.5, 0.6) is 0 Å². The number of nitrogens with two attached hydrogens (primary N) is 1. The van der Waals surface area contributed by atoms with Crippen molar-refractivity contribution in [2.24, 2.45) is 0 Å². The molecule has 1 atom stereocenters. The number of carbonyl (C=O) groups is 1. The van der Waals surface area contributed by atoms with Crippen LogP contribution in [0.1, 0.15) is 36.5 Å². The average molecular weight is 264 g/mol. The summed E-state index contributed by atoms with van der Waals surface area (Å²) in [5, 5.41) is 11.0. The average Bonchev–Trinajstić information content (AvgIpc) is 2.38. The van der Waals surface area contributed by atoms with Gasteiger partial charge >= 0.3 is 0 Å². The second-order valence-corrected chi connectivity index (χ2v) is 4.73. The van der Waals surface area contributed by atoms with Crippen molar-refractivity contribution in [3.63, 3.8) is 0 Å². The van der Waals surface area contributed by atoms with Crippen LogP contribution in [0.4, 0.5) is 11.5 Å². The van der Waals surface area contributed by atoms with Crippen molar-refractivity contribution in [3.8, 4) is 0 Å². The number of nitrogens with zero attached hydrogens (tertiary/aromatic N) is 3. The molecule has 102 valence electrons. The molecule has 2 N–H and O–H groups in total. The van der Waals surface area contributed by atoms with E-state index in [0.717, 1.165) is 25.5 Å². The van der Waals surface area contributed by atoms with Crippen LogP contribution < -0.4 is 5.73 Å². The molecule has 1 saturated heterocycles. The first kappa shape index (κ1) is 13.3. The molecule has 1 fully saturated rings. The lowest BCUT2D eigenvalue weighted by atomic mass is 10.0. The van der Waals surface area contributed by atoms with Gasteiger partial charge in [-0.2, -0.15) is 0 Å². The highest BCUT2D eigenvalue weighted by atomic mass is 16.6. The van der Waals surface area contributed by atoms with Crippen LogP contribution in [-0.2, 0) is 0 Å². The number of rotatable bonds is 2. The van der Waals surface area contributed by atoms with Gasteiger partial charge in [0.15, 0.2) is 0 Å². The van der Waals surface area contributed by atoms with E-state index in [0.29, 0.717) is 6.54 Å². The number of carbonyl (C=O) groups excluding carboxylic acids is 1. The smallest absolute Gasteiger partial charge is 0.300 e. The monoisotopic (exact) mass is 264 g/mol. The molecule has 2 rings (SSSR count). The van der Waals surface area contributed by atoms with Gasteiger partial charge < -0.3 is 10.6 Å². The maximum Gasteiger partial charge on any atom is 0.300 e. The molecule has 7 nitrogen and oxygen atoms in total. The molecular formula is C12H16N4O3. The molecule has 0 spiro atoms. The molecule has 0 aliphatic carbocycles. The number of hydrogen-bond acceptors (Lipinski definition) is 5. The Morgan fingerprint density at radius 3 is 2.95 bits per heavy atom. The van der Waals surface area contributed by atoms with Crippen molar-refractivity contribution in [3.05, 3.63) is 27.9 Å². The minimum Gasteiger partial charge on any atom is -0.384 e. The van der Waals surface area contributed by atoms with Crippen molar-refractivity contribution < 1.29 is 9.72 Å². The molecule has 1 amide bonds. The van der Waals surface area contributed by atoms with Gasteiger partial charge in [-0.1, -0.05) is 0 Å². The number of nitrogen functional groups attached to an aromatic ring is 1. The summed E-state index contributed by atoms with van der Waals surface area (Å²) in [7, 11) is 0. The summed E-state index contributed by atoms with van der Waals surface area (Å²) in [6.07, 6.45) is 3.95. The van der Waals surface area contributed by atoms with Crippen LogP contribution in [0.15, 0.2) is 12.3 Å². The standard InChI is InChI=1S/C12H16N4O3/c1-8-4-2-3-5-15(8)12(17)9-6-11(13)14-7-10(9)16(18)19/h6-8H,2-5H2,1H3,(H2,13,14). The third kappa shape index (κ3) is 2.64. The van der Waals surface area contributed by atoms with E-state index in [1.165, 1.54) is 6.07 Å². The number of hydrogen-bond donors (Lipinski definition) is 1. The van der Waals surface area contributed by atoms with Gasteiger partial charge in [0.25, 0.3) is 11.6 Å². The normalized spacial score (nSPS) is 19.2. The molecule has 2 heterocycles. The lowest BCUT2D eigenvalue weighted by Gasteiger charge is -2.33. The highest BCUT2D eigenvalue weighted by Crippen LogP contribution is 2.25. The second-order valence-electron chi connectivity index (χ2n) is 4.73. The Balaban J connectivity index is 2.37. The number of pyridine rings is 1. The summed E-state index contributed by atoms with van der Waals surface area (Å²) in [5.74, 6) is -0.230. The van der Waals surface area contributed by atoms with Gasteiger partial charge in [-0.15, -0.1) is 0 Å². The predicted octanol–water partition coefficient (Wildman–Crippen LogP) is 1.59. The summed E-state index contributed by atoms with van der Waals surface area (Å²) in [5.41, 5.74) is 5.25. The molecule has 7 heteroatoms. The molecule has 0 aromatic carbocycles. The SMILES string of the molecule is CC1CCCCN1C(=O)c1cc(N)ncc1[N+](=O)[O-]. The second kappa shape index (κ2) is 5.21. The Kier molecular flexibility index (Phi) is 3.64. The minimum absolute atomic E-state index is 0.0197. The number of likely N-dealkylation sites (tertiary alicyclic amines) is 1. The molecule has 1 aromatic rings. The first-order valence-electron chi connectivity index (χ1n) is 6.21. The van der Waals surface area contributed by atoms with Crippen molar-refractivity contribution in [1.29, 1.82) is 0 Å². The molecule has 1 aliphatic heterocycles. The van der Waals surface area contributed by atoms with E-state index in [-0.39, 0.29) is 29.0 Å². The summed E-state index contributed by atoms with van der Waals surface area (Å²) in [6, 6.07) is 1.37. The third-order valence-electron chi connectivity index (χ3n) is 3.40. The Labute approximate surface area is 110 Å². The Morgan fingerprint density at radius 2 is 2.32 bits per heavy atom. The first-order chi connectivity index (χ1) is 9.00. The van der Waals surface area contributed by atoms with Crippen molar-refractivity contribution in [2.45, 2.75) is 32.2 Å². The number of aromatic nitrogens is 1. The van der Waals surface area contributed by atoms with Crippen LogP contribution in [0.25, 0.3) is 0 Å². The minimum atomic E-state index is -0.603.